The van der Waals surface area contributed by atoms with E-state index >= 15 is 0 Å². The number of ether oxygens (including phenoxy) is 1. The van der Waals surface area contributed by atoms with E-state index in [0.29, 0.717) is 24.5 Å². The number of carboxylic acids is 1. The first-order chi connectivity index (χ1) is 8.13. The standard InChI is InChI=1S/C13H13ClO3/c14-10-7-9(6-8-2-5-17-11(8)10)13(12(15)16)3-1-4-13/h6-7H,1-5H2,(H,15,16). The van der Waals surface area contributed by atoms with Crippen LogP contribution in [-0.2, 0) is 16.6 Å². The average Bonchev–Trinajstić information content (AvgIpc) is 2.63. The van der Waals surface area contributed by atoms with E-state index in [9.17, 15) is 9.90 Å². The van der Waals surface area contributed by atoms with E-state index < -0.39 is 11.4 Å². The first-order valence-corrected chi connectivity index (χ1v) is 6.20. The van der Waals surface area contributed by atoms with E-state index in [-0.39, 0.29) is 0 Å². The molecule has 3 nitrogen and oxygen atoms in total. The van der Waals surface area contributed by atoms with Crippen molar-refractivity contribution in [3.8, 4) is 5.75 Å². The Morgan fingerprint density at radius 1 is 1.41 bits per heavy atom. The van der Waals surface area contributed by atoms with Gasteiger partial charge < -0.3 is 9.84 Å². The molecule has 0 bridgehead atoms. The van der Waals surface area contributed by atoms with E-state index in [1.165, 1.54) is 0 Å². The summed E-state index contributed by atoms with van der Waals surface area (Å²) >= 11 is 6.15. The molecule has 90 valence electrons. The summed E-state index contributed by atoms with van der Waals surface area (Å²) < 4.78 is 5.43. The van der Waals surface area contributed by atoms with E-state index in [4.69, 9.17) is 16.3 Å². The molecule has 0 unspecified atom stereocenters. The third-order valence-electron chi connectivity index (χ3n) is 3.91. The molecule has 4 heteroatoms. The molecular formula is C13H13ClO3. The molecule has 0 spiro atoms. The SMILES string of the molecule is O=C(O)C1(c2cc(Cl)c3c(c2)CCO3)CCC1. The number of hydrogen-bond acceptors (Lipinski definition) is 2. The Morgan fingerprint density at radius 2 is 2.18 bits per heavy atom. The fourth-order valence-electron chi connectivity index (χ4n) is 2.69. The number of rotatable bonds is 2. The van der Waals surface area contributed by atoms with Crippen molar-refractivity contribution in [2.75, 3.05) is 6.61 Å². The lowest BCUT2D eigenvalue weighted by Gasteiger charge is -2.38. The van der Waals surface area contributed by atoms with Gasteiger partial charge in [0.05, 0.1) is 17.0 Å². The lowest BCUT2D eigenvalue weighted by atomic mass is 9.64. The zero-order valence-corrected chi connectivity index (χ0v) is 10.1. The molecule has 1 fully saturated rings. The van der Waals surface area contributed by atoms with E-state index in [0.717, 1.165) is 29.7 Å². The number of aliphatic carboxylic acids is 1. The summed E-state index contributed by atoms with van der Waals surface area (Å²) in [6.45, 7) is 0.637. The fourth-order valence-corrected chi connectivity index (χ4v) is 2.99. The smallest absolute Gasteiger partial charge is 0.314 e. The van der Waals surface area contributed by atoms with Crippen LogP contribution in [0.25, 0.3) is 0 Å². The van der Waals surface area contributed by atoms with Crippen LogP contribution >= 0.6 is 11.6 Å². The third-order valence-corrected chi connectivity index (χ3v) is 4.19. The first kappa shape index (κ1) is 10.9. The maximum atomic E-state index is 11.4. The largest absolute Gasteiger partial charge is 0.491 e. The highest BCUT2D eigenvalue weighted by Gasteiger charge is 2.46. The Bertz CT molecular complexity index is 492. The van der Waals surface area contributed by atoms with Gasteiger partial charge in [-0.2, -0.15) is 0 Å². The highest BCUT2D eigenvalue weighted by atomic mass is 35.5. The number of hydrogen-bond donors (Lipinski definition) is 1. The van der Waals surface area contributed by atoms with Crippen molar-refractivity contribution >= 4 is 17.6 Å². The normalized spacial score (nSPS) is 20.3. The Balaban J connectivity index is 2.10. The van der Waals surface area contributed by atoms with Crippen LogP contribution in [0.1, 0.15) is 30.4 Å². The van der Waals surface area contributed by atoms with Crippen molar-refractivity contribution in [2.24, 2.45) is 0 Å². The van der Waals surface area contributed by atoms with Crippen molar-refractivity contribution in [3.63, 3.8) is 0 Å². The second kappa shape index (κ2) is 3.64. The minimum atomic E-state index is -0.737. The van der Waals surface area contributed by atoms with Crippen molar-refractivity contribution in [1.82, 2.24) is 0 Å². The van der Waals surface area contributed by atoms with Gasteiger partial charge >= 0.3 is 5.97 Å². The number of fused-ring (bicyclic) bond motifs is 1. The van der Waals surface area contributed by atoms with Gasteiger partial charge in [0, 0.05) is 6.42 Å². The summed E-state index contributed by atoms with van der Waals surface area (Å²) in [7, 11) is 0. The zero-order chi connectivity index (χ0) is 12.0. The van der Waals surface area contributed by atoms with Crippen LogP contribution < -0.4 is 4.74 Å². The highest BCUT2D eigenvalue weighted by molar-refractivity contribution is 6.32. The Labute approximate surface area is 104 Å². The van der Waals surface area contributed by atoms with Gasteiger partial charge in [0.1, 0.15) is 5.75 Å². The van der Waals surface area contributed by atoms with Crippen molar-refractivity contribution in [1.29, 1.82) is 0 Å². The second-order valence-corrected chi connectivity index (χ2v) is 5.19. The third kappa shape index (κ3) is 1.45. The van der Waals surface area contributed by atoms with Crippen LogP contribution in [0.15, 0.2) is 12.1 Å². The molecule has 1 aliphatic heterocycles. The first-order valence-electron chi connectivity index (χ1n) is 5.82. The summed E-state index contributed by atoms with van der Waals surface area (Å²) in [6.07, 6.45) is 3.20. The minimum absolute atomic E-state index is 0.544. The van der Waals surface area contributed by atoms with Crippen molar-refractivity contribution < 1.29 is 14.6 Å². The lowest BCUT2D eigenvalue weighted by Crippen LogP contribution is -2.42. The maximum absolute atomic E-state index is 11.4. The molecule has 1 N–H and O–H groups in total. The van der Waals surface area contributed by atoms with E-state index in [2.05, 4.69) is 0 Å². The van der Waals surface area contributed by atoms with Gasteiger partial charge in [0.15, 0.2) is 0 Å². The van der Waals surface area contributed by atoms with Crippen LogP contribution in [0.2, 0.25) is 5.02 Å². The summed E-state index contributed by atoms with van der Waals surface area (Å²) in [6, 6.07) is 3.72. The lowest BCUT2D eigenvalue weighted by molar-refractivity contribution is -0.147. The Morgan fingerprint density at radius 3 is 2.76 bits per heavy atom. The number of carbonyl (C=O) groups is 1. The van der Waals surface area contributed by atoms with Crippen LogP contribution in [0, 0.1) is 0 Å². The minimum Gasteiger partial charge on any atom is -0.491 e. The highest BCUT2D eigenvalue weighted by Crippen LogP contribution is 2.47. The van der Waals surface area contributed by atoms with Crippen LogP contribution in [0.5, 0.6) is 5.75 Å². The maximum Gasteiger partial charge on any atom is 0.314 e. The van der Waals surface area contributed by atoms with Crippen molar-refractivity contribution in [2.45, 2.75) is 31.1 Å². The van der Waals surface area contributed by atoms with Crippen LogP contribution in [-0.4, -0.2) is 17.7 Å². The van der Waals surface area contributed by atoms with Crippen molar-refractivity contribution in [3.05, 3.63) is 28.3 Å². The van der Waals surface area contributed by atoms with Crippen LogP contribution in [0.3, 0.4) is 0 Å². The van der Waals surface area contributed by atoms with Crippen LogP contribution in [0.4, 0.5) is 0 Å². The Hall–Kier alpha value is -1.22. The predicted molar refractivity (Wildman–Crippen MR) is 63.8 cm³/mol. The molecule has 1 heterocycles. The Kier molecular flexibility index (Phi) is 2.33. The van der Waals surface area contributed by atoms with Gasteiger partial charge in [-0.3, -0.25) is 4.79 Å². The van der Waals surface area contributed by atoms with Gasteiger partial charge in [0.25, 0.3) is 0 Å². The molecular weight excluding hydrogens is 240 g/mol. The molecule has 1 aromatic carbocycles. The second-order valence-electron chi connectivity index (χ2n) is 4.79. The summed E-state index contributed by atoms with van der Waals surface area (Å²) in [5, 5.41) is 9.95. The molecule has 0 aromatic heterocycles. The molecule has 1 aromatic rings. The number of halogens is 1. The van der Waals surface area contributed by atoms with E-state index in [1.54, 1.807) is 6.07 Å². The van der Waals surface area contributed by atoms with Gasteiger partial charge in [-0.15, -0.1) is 0 Å². The van der Waals surface area contributed by atoms with Gasteiger partial charge in [-0.05, 0) is 30.0 Å². The molecule has 0 amide bonds. The molecule has 0 radical (unpaired) electrons. The molecule has 17 heavy (non-hydrogen) atoms. The summed E-state index contributed by atoms with van der Waals surface area (Å²) in [4.78, 5) is 11.4. The average molecular weight is 253 g/mol. The molecule has 1 saturated carbocycles. The molecule has 0 saturated heterocycles. The molecule has 1 aliphatic carbocycles. The predicted octanol–water partition coefficient (Wildman–Crippen LogP) is 2.78. The van der Waals surface area contributed by atoms with Gasteiger partial charge in [-0.1, -0.05) is 24.1 Å². The number of carboxylic acid groups (broad SMARTS) is 1. The molecule has 2 aliphatic rings. The zero-order valence-electron chi connectivity index (χ0n) is 9.33. The fraction of sp³-hybridized carbons (Fsp3) is 0.462. The van der Waals surface area contributed by atoms with Gasteiger partial charge in [-0.25, -0.2) is 0 Å². The van der Waals surface area contributed by atoms with E-state index in [1.807, 2.05) is 6.07 Å². The quantitative estimate of drug-likeness (QED) is 0.880. The molecule has 0 atom stereocenters. The molecule has 3 rings (SSSR count). The monoisotopic (exact) mass is 252 g/mol. The summed E-state index contributed by atoms with van der Waals surface area (Å²) in [5.74, 6) is -0.00559. The van der Waals surface area contributed by atoms with Gasteiger partial charge in [0.2, 0.25) is 0 Å². The summed E-state index contributed by atoms with van der Waals surface area (Å²) in [5.41, 5.74) is 1.17. The topological polar surface area (TPSA) is 46.5 Å². The number of benzene rings is 1.